The molecule has 7 heteroatoms. The SMILES string of the molecule is O=C(NCCCn1ccc2ccccc21)c1cc([N+](=O)[O-])ccc1Cl. The van der Waals surface area contributed by atoms with Crippen LogP contribution < -0.4 is 5.32 Å². The first-order valence-corrected chi connectivity index (χ1v) is 8.20. The van der Waals surface area contributed by atoms with Crippen molar-refractivity contribution in [2.75, 3.05) is 6.54 Å². The van der Waals surface area contributed by atoms with E-state index in [1.807, 2.05) is 18.3 Å². The molecular formula is C18H16ClN3O3. The molecule has 2 aromatic carbocycles. The summed E-state index contributed by atoms with van der Waals surface area (Å²) in [4.78, 5) is 22.5. The van der Waals surface area contributed by atoms with Gasteiger partial charge in [-0.25, -0.2) is 0 Å². The smallest absolute Gasteiger partial charge is 0.270 e. The summed E-state index contributed by atoms with van der Waals surface area (Å²) in [6.45, 7) is 1.21. The second kappa shape index (κ2) is 7.36. The van der Waals surface area contributed by atoms with Crippen molar-refractivity contribution in [1.29, 1.82) is 0 Å². The van der Waals surface area contributed by atoms with Gasteiger partial charge in [-0.2, -0.15) is 0 Å². The lowest BCUT2D eigenvalue weighted by atomic mass is 10.2. The number of nitrogens with one attached hydrogen (secondary N) is 1. The molecule has 3 aromatic rings. The molecule has 0 bridgehead atoms. The number of fused-ring (bicyclic) bond motifs is 1. The average molecular weight is 358 g/mol. The third-order valence-electron chi connectivity index (χ3n) is 3.95. The molecule has 0 aliphatic rings. The van der Waals surface area contributed by atoms with Crippen molar-refractivity contribution in [1.82, 2.24) is 9.88 Å². The summed E-state index contributed by atoms with van der Waals surface area (Å²) in [7, 11) is 0. The maximum absolute atomic E-state index is 12.2. The third kappa shape index (κ3) is 3.80. The number of aryl methyl sites for hydroxylation is 1. The summed E-state index contributed by atoms with van der Waals surface area (Å²) in [6.07, 6.45) is 2.75. The van der Waals surface area contributed by atoms with Crippen LogP contribution in [0.2, 0.25) is 5.02 Å². The Labute approximate surface area is 149 Å². The van der Waals surface area contributed by atoms with Gasteiger partial charge in [0.2, 0.25) is 0 Å². The van der Waals surface area contributed by atoms with Crippen LogP contribution in [0, 0.1) is 10.1 Å². The van der Waals surface area contributed by atoms with Gasteiger partial charge in [0.25, 0.3) is 11.6 Å². The number of amides is 1. The van der Waals surface area contributed by atoms with Crippen LogP contribution >= 0.6 is 11.6 Å². The molecule has 0 radical (unpaired) electrons. The van der Waals surface area contributed by atoms with Crippen LogP contribution in [0.1, 0.15) is 16.8 Å². The minimum Gasteiger partial charge on any atom is -0.352 e. The van der Waals surface area contributed by atoms with Gasteiger partial charge in [-0.3, -0.25) is 14.9 Å². The highest BCUT2D eigenvalue weighted by atomic mass is 35.5. The Morgan fingerprint density at radius 3 is 2.80 bits per heavy atom. The standard InChI is InChI=1S/C18H16ClN3O3/c19-16-7-6-14(22(24)25)12-15(16)18(23)20-9-3-10-21-11-8-13-4-1-2-5-17(13)21/h1-2,4-8,11-12H,3,9-10H2,(H,20,23). The summed E-state index contributed by atoms with van der Waals surface area (Å²) in [5.41, 5.74) is 1.10. The van der Waals surface area contributed by atoms with E-state index in [0.29, 0.717) is 6.54 Å². The zero-order valence-corrected chi connectivity index (χ0v) is 14.1. The van der Waals surface area contributed by atoms with Crippen LogP contribution in [0.25, 0.3) is 10.9 Å². The summed E-state index contributed by atoms with van der Waals surface area (Å²) in [5, 5.41) is 14.9. The Balaban J connectivity index is 1.58. The largest absolute Gasteiger partial charge is 0.352 e. The molecular weight excluding hydrogens is 342 g/mol. The quantitative estimate of drug-likeness (QED) is 0.411. The molecule has 3 rings (SSSR count). The molecule has 0 spiro atoms. The second-order valence-corrected chi connectivity index (χ2v) is 6.01. The lowest BCUT2D eigenvalue weighted by molar-refractivity contribution is -0.384. The van der Waals surface area contributed by atoms with Crippen molar-refractivity contribution in [3.8, 4) is 0 Å². The number of benzene rings is 2. The van der Waals surface area contributed by atoms with E-state index in [-0.39, 0.29) is 16.3 Å². The van der Waals surface area contributed by atoms with E-state index in [4.69, 9.17) is 11.6 Å². The number of nitrogens with zero attached hydrogens (tertiary/aromatic N) is 2. The van der Waals surface area contributed by atoms with Gasteiger partial charge >= 0.3 is 0 Å². The van der Waals surface area contributed by atoms with Crippen LogP contribution in [0.3, 0.4) is 0 Å². The first-order chi connectivity index (χ1) is 12.1. The molecule has 0 fully saturated rings. The molecule has 0 atom stereocenters. The van der Waals surface area contributed by atoms with Crippen LogP contribution in [-0.2, 0) is 6.54 Å². The van der Waals surface area contributed by atoms with Crippen molar-refractivity contribution in [3.63, 3.8) is 0 Å². The monoisotopic (exact) mass is 357 g/mol. The molecule has 1 heterocycles. The Morgan fingerprint density at radius 2 is 2.00 bits per heavy atom. The van der Waals surface area contributed by atoms with Gasteiger partial charge in [-0.15, -0.1) is 0 Å². The average Bonchev–Trinajstić information content (AvgIpc) is 3.02. The fourth-order valence-electron chi connectivity index (χ4n) is 2.68. The molecule has 0 aliphatic carbocycles. The van der Waals surface area contributed by atoms with Gasteiger partial charge in [-0.1, -0.05) is 29.8 Å². The lowest BCUT2D eigenvalue weighted by Crippen LogP contribution is -2.25. The van der Waals surface area contributed by atoms with Crippen LogP contribution in [0.5, 0.6) is 0 Å². The van der Waals surface area contributed by atoms with Gasteiger partial charge in [0, 0.05) is 36.9 Å². The number of aromatic nitrogens is 1. The number of hydrogen-bond donors (Lipinski definition) is 1. The zero-order valence-electron chi connectivity index (χ0n) is 13.3. The van der Waals surface area contributed by atoms with Gasteiger partial charge in [0.15, 0.2) is 0 Å². The number of non-ortho nitro benzene ring substituents is 1. The normalized spacial score (nSPS) is 10.8. The zero-order chi connectivity index (χ0) is 17.8. The molecule has 0 unspecified atom stereocenters. The maximum atomic E-state index is 12.2. The summed E-state index contributed by atoms with van der Waals surface area (Å²) in [6, 6.07) is 14.0. The fourth-order valence-corrected chi connectivity index (χ4v) is 2.89. The predicted molar refractivity (Wildman–Crippen MR) is 97.0 cm³/mol. The third-order valence-corrected chi connectivity index (χ3v) is 4.28. The minimum atomic E-state index is -0.551. The number of rotatable bonds is 6. The van der Waals surface area contributed by atoms with Crippen LogP contribution in [0.15, 0.2) is 54.7 Å². The van der Waals surface area contributed by atoms with E-state index < -0.39 is 10.8 Å². The Hall–Kier alpha value is -2.86. The van der Waals surface area contributed by atoms with Crippen molar-refractivity contribution in [2.24, 2.45) is 0 Å². The topological polar surface area (TPSA) is 77.2 Å². The number of nitro groups is 1. The maximum Gasteiger partial charge on any atom is 0.270 e. The number of nitro benzene ring substituents is 1. The Morgan fingerprint density at radius 1 is 1.20 bits per heavy atom. The minimum absolute atomic E-state index is 0.113. The number of para-hydroxylation sites is 1. The number of hydrogen-bond acceptors (Lipinski definition) is 3. The summed E-state index contributed by atoms with van der Waals surface area (Å²) >= 11 is 5.97. The Bertz CT molecular complexity index is 936. The summed E-state index contributed by atoms with van der Waals surface area (Å²) < 4.78 is 2.13. The second-order valence-electron chi connectivity index (χ2n) is 5.60. The molecule has 1 aromatic heterocycles. The van der Waals surface area contributed by atoms with E-state index in [9.17, 15) is 14.9 Å². The Kier molecular flexibility index (Phi) is 5.00. The van der Waals surface area contributed by atoms with Crippen LogP contribution in [-0.4, -0.2) is 21.9 Å². The van der Waals surface area contributed by atoms with Gasteiger partial charge < -0.3 is 9.88 Å². The van der Waals surface area contributed by atoms with Crippen molar-refractivity contribution in [2.45, 2.75) is 13.0 Å². The molecule has 1 amide bonds. The van der Waals surface area contributed by atoms with E-state index in [1.165, 1.54) is 23.6 Å². The number of halogens is 1. The first-order valence-electron chi connectivity index (χ1n) is 7.82. The fraction of sp³-hybridized carbons (Fsp3) is 0.167. The van der Waals surface area contributed by atoms with Gasteiger partial charge in [0.05, 0.1) is 15.5 Å². The molecule has 1 N–H and O–H groups in total. The molecule has 0 saturated carbocycles. The molecule has 25 heavy (non-hydrogen) atoms. The predicted octanol–water partition coefficient (Wildman–Crippen LogP) is 4.02. The summed E-state index contributed by atoms with van der Waals surface area (Å²) in [5.74, 6) is -0.411. The molecule has 0 aliphatic heterocycles. The van der Waals surface area contributed by atoms with Crippen molar-refractivity contribution < 1.29 is 9.72 Å². The van der Waals surface area contributed by atoms with E-state index in [0.717, 1.165) is 18.5 Å². The molecule has 6 nitrogen and oxygen atoms in total. The van der Waals surface area contributed by atoms with E-state index in [1.54, 1.807) is 0 Å². The molecule has 0 saturated heterocycles. The number of carbonyl (C=O) groups is 1. The first kappa shape index (κ1) is 17.0. The highest BCUT2D eigenvalue weighted by molar-refractivity contribution is 6.33. The van der Waals surface area contributed by atoms with Crippen LogP contribution in [0.4, 0.5) is 5.69 Å². The van der Waals surface area contributed by atoms with Crippen molar-refractivity contribution >= 4 is 34.1 Å². The van der Waals surface area contributed by atoms with Gasteiger partial charge in [-0.05, 0) is 30.0 Å². The number of carbonyl (C=O) groups excluding carboxylic acids is 1. The molecule has 128 valence electrons. The van der Waals surface area contributed by atoms with Gasteiger partial charge in [0.1, 0.15) is 0 Å². The highest BCUT2D eigenvalue weighted by Crippen LogP contribution is 2.22. The van der Waals surface area contributed by atoms with Crippen molar-refractivity contribution in [3.05, 3.63) is 75.4 Å². The van der Waals surface area contributed by atoms with E-state index >= 15 is 0 Å². The van der Waals surface area contributed by atoms with E-state index in [2.05, 4.69) is 28.1 Å². The lowest BCUT2D eigenvalue weighted by Gasteiger charge is -2.08. The highest BCUT2D eigenvalue weighted by Gasteiger charge is 2.15.